The second-order valence-corrected chi connectivity index (χ2v) is 5.48. The molecule has 0 saturated carbocycles. The van der Waals surface area contributed by atoms with E-state index in [1.807, 2.05) is 0 Å². The minimum atomic E-state index is 0.179. The van der Waals surface area contributed by atoms with Gasteiger partial charge in [-0.25, -0.2) is 4.98 Å². The van der Waals surface area contributed by atoms with E-state index in [2.05, 4.69) is 36.7 Å². The number of nitrogens with one attached hydrogen (secondary N) is 2. The zero-order valence-electron chi connectivity index (χ0n) is 10.7. The quantitative estimate of drug-likeness (QED) is 0.709. The zero-order valence-corrected chi connectivity index (χ0v) is 12.3. The van der Waals surface area contributed by atoms with Gasteiger partial charge >= 0.3 is 0 Å². The fourth-order valence-electron chi connectivity index (χ4n) is 1.87. The number of H-pyrrole nitrogens is 1. The number of fused-ring (bicyclic) bond motifs is 1. The Morgan fingerprint density at radius 3 is 3.20 bits per heavy atom. The van der Waals surface area contributed by atoms with Crippen molar-refractivity contribution in [2.75, 3.05) is 12.4 Å². The lowest BCUT2D eigenvalue weighted by Gasteiger charge is -2.04. The molecule has 6 nitrogen and oxygen atoms in total. The average molecular weight is 310 g/mol. The van der Waals surface area contributed by atoms with Gasteiger partial charge in [-0.3, -0.25) is 0 Å². The van der Waals surface area contributed by atoms with Crippen LogP contribution < -0.4 is 5.32 Å². The number of hydrogen-bond acceptors (Lipinski definition) is 6. The summed E-state index contributed by atoms with van der Waals surface area (Å²) in [5.41, 5.74) is 2.48. The number of methoxy groups -OCH3 is 1. The van der Waals surface area contributed by atoms with Gasteiger partial charge in [0.05, 0.1) is 19.5 Å². The highest BCUT2D eigenvalue weighted by Gasteiger charge is 2.09. The van der Waals surface area contributed by atoms with Gasteiger partial charge in [0.2, 0.25) is 5.28 Å². The molecule has 3 rings (SSSR count). The third kappa shape index (κ3) is 2.74. The van der Waals surface area contributed by atoms with E-state index < -0.39 is 0 Å². The third-order valence-corrected chi connectivity index (χ3v) is 3.86. The molecular weight excluding hydrogens is 298 g/mol. The Morgan fingerprint density at radius 1 is 1.45 bits per heavy atom. The van der Waals surface area contributed by atoms with E-state index in [-0.39, 0.29) is 5.28 Å². The van der Waals surface area contributed by atoms with Crippen molar-refractivity contribution in [3.05, 3.63) is 33.5 Å². The van der Waals surface area contributed by atoms with Gasteiger partial charge < -0.3 is 15.0 Å². The van der Waals surface area contributed by atoms with E-state index in [4.69, 9.17) is 16.3 Å². The van der Waals surface area contributed by atoms with E-state index >= 15 is 0 Å². The molecule has 20 heavy (non-hydrogen) atoms. The molecule has 0 bridgehead atoms. The van der Waals surface area contributed by atoms with Crippen LogP contribution >= 0.6 is 22.9 Å². The first-order valence-corrected chi connectivity index (χ1v) is 7.17. The second-order valence-electron chi connectivity index (χ2n) is 4.15. The predicted molar refractivity (Wildman–Crippen MR) is 79.1 cm³/mol. The van der Waals surface area contributed by atoms with Gasteiger partial charge in [0.1, 0.15) is 5.52 Å². The molecule has 3 aromatic heterocycles. The molecule has 104 valence electrons. The topological polar surface area (TPSA) is 75.7 Å². The van der Waals surface area contributed by atoms with Gasteiger partial charge in [0.25, 0.3) is 0 Å². The molecule has 2 N–H and O–H groups in total. The molecule has 0 aromatic carbocycles. The minimum absolute atomic E-state index is 0.179. The molecule has 3 aromatic rings. The minimum Gasteiger partial charge on any atom is -0.380 e. The highest BCUT2D eigenvalue weighted by atomic mass is 35.5. The van der Waals surface area contributed by atoms with Crippen LogP contribution in [-0.4, -0.2) is 27.0 Å². The van der Waals surface area contributed by atoms with Gasteiger partial charge in [-0.15, -0.1) is 11.3 Å². The summed E-state index contributed by atoms with van der Waals surface area (Å²) in [7, 11) is 1.69. The van der Waals surface area contributed by atoms with Crippen molar-refractivity contribution in [1.29, 1.82) is 0 Å². The number of halogens is 1. The average Bonchev–Trinajstić information content (AvgIpc) is 3.05. The molecule has 0 aliphatic heterocycles. The number of nitrogens with zero attached hydrogens (tertiary/aromatic N) is 3. The van der Waals surface area contributed by atoms with Crippen LogP contribution in [0.2, 0.25) is 5.28 Å². The molecule has 0 aliphatic carbocycles. The van der Waals surface area contributed by atoms with Crippen LogP contribution in [0.25, 0.3) is 11.2 Å². The van der Waals surface area contributed by atoms with Crippen molar-refractivity contribution in [1.82, 2.24) is 19.9 Å². The SMILES string of the molecule is COCc1csc(CNc2nc(Cl)nc3nc[nH]c23)c1. The Hall–Kier alpha value is -1.70. The number of ether oxygens (including phenoxy) is 1. The van der Waals surface area contributed by atoms with Crippen LogP contribution in [0.5, 0.6) is 0 Å². The highest BCUT2D eigenvalue weighted by molar-refractivity contribution is 7.10. The van der Waals surface area contributed by atoms with E-state index in [1.54, 1.807) is 24.8 Å². The van der Waals surface area contributed by atoms with Gasteiger partial charge in [-0.1, -0.05) is 0 Å². The molecular formula is C12H12ClN5OS. The fraction of sp³-hybridized carbons (Fsp3) is 0.250. The number of hydrogen-bond donors (Lipinski definition) is 2. The summed E-state index contributed by atoms with van der Waals surface area (Å²) in [6.07, 6.45) is 1.57. The highest BCUT2D eigenvalue weighted by Crippen LogP contribution is 2.21. The fourth-order valence-corrected chi connectivity index (χ4v) is 2.84. The molecule has 0 fully saturated rings. The van der Waals surface area contributed by atoms with Gasteiger partial charge in [-0.05, 0) is 28.6 Å². The number of anilines is 1. The maximum Gasteiger partial charge on any atom is 0.226 e. The lowest BCUT2D eigenvalue weighted by molar-refractivity contribution is 0.185. The van der Waals surface area contributed by atoms with Crippen LogP contribution in [-0.2, 0) is 17.9 Å². The summed E-state index contributed by atoms with van der Waals surface area (Å²) in [4.78, 5) is 16.5. The summed E-state index contributed by atoms with van der Waals surface area (Å²) in [5, 5.41) is 5.51. The molecule has 0 atom stereocenters. The lowest BCUT2D eigenvalue weighted by atomic mass is 10.3. The Labute approximate surface area is 124 Å². The largest absolute Gasteiger partial charge is 0.380 e. The van der Waals surface area contributed by atoms with Crippen LogP contribution in [0.3, 0.4) is 0 Å². The lowest BCUT2D eigenvalue weighted by Crippen LogP contribution is -2.02. The third-order valence-electron chi connectivity index (χ3n) is 2.71. The maximum absolute atomic E-state index is 5.88. The van der Waals surface area contributed by atoms with E-state index in [0.29, 0.717) is 24.6 Å². The summed E-state index contributed by atoms with van der Waals surface area (Å²) in [6.45, 7) is 1.29. The standard InChI is InChI=1S/C12H12ClN5OS/c1-19-4-7-2-8(20-5-7)3-14-10-9-11(16-6-15-9)18-12(13)17-10/h2,5-6H,3-4H2,1H3,(H2,14,15,16,17,18). The van der Waals surface area contributed by atoms with Crippen molar-refractivity contribution in [3.8, 4) is 0 Å². The Balaban J connectivity index is 1.77. The normalized spacial score (nSPS) is 11.1. The van der Waals surface area contributed by atoms with Gasteiger partial charge in [0, 0.05) is 12.0 Å². The molecule has 0 unspecified atom stereocenters. The Morgan fingerprint density at radius 2 is 2.35 bits per heavy atom. The van der Waals surface area contributed by atoms with Crippen molar-refractivity contribution in [3.63, 3.8) is 0 Å². The van der Waals surface area contributed by atoms with Crippen molar-refractivity contribution >= 4 is 39.9 Å². The van der Waals surface area contributed by atoms with Crippen LogP contribution in [0, 0.1) is 0 Å². The number of thiophene rings is 1. The monoisotopic (exact) mass is 309 g/mol. The maximum atomic E-state index is 5.88. The summed E-state index contributed by atoms with van der Waals surface area (Å²) >= 11 is 7.55. The number of rotatable bonds is 5. The molecule has 0 saturated heterocycles. The molecule has 0 radical (unpaired) electrons. The number of aromatic amines is 1. The molecule has 0 amide bonds. The smallest absolute Gasteiger partial charge is 0.226 e. The Kier molecular flexibility index (Phi) is 3.81. The molecule has 8 heteroatoms. The van der Waals surface area contributed by atoms with Gasteiger partial charge in [0.15, 0.2) is 11.5 Å². The molecule has 0 aliphatic rings. The van der Waals surface area contributed by atoms with E-state index in [0.717, 1.165) is 5.52 Å². The molecule has 3 heterocycles. The van der Waals surface area contributed by atoms with Crippen molar-refractivity contribution < 1.29 is 4.74 Å². The number of aromatic nitrogens is 4. The van der Waals surface area contributed by atoms with Crippen LogP contribution in [0.1, 0.15) is 10.4 Å². The van der Waals surface area contributed by atoms with Crippen molar-refractivity contribution in [2.24, 2.45) is 0 Å². The van der Waals surface area contributed by atoms with Crippen molar-refractivity contribution in [2.45, 2.75) is 13.2 Å². The first kappa shape index (κ1) is 13.3. The van der Waals surface area contributed by atoms with E-state index in [9.17, 15) is 0 Å². The Bertz CT molecular complexity index is 726. The van der Waals surface area contributed by atoms with E-state index in [1.165, 1.54) is 10.4 Å². The molecule has 0 spiro atoms. The predicted octanol–water partition coefficient (Wildman–Crippen LogP) is 2.83. The summed E-state index contributed by atoms with van der Waals surface area (Å²) < 4.78 is 5.10. The summed E-state index contributed by atoms with van der Waals surface area (Å²) in [6, 6.07) is 2.11. The first-order chi connectivity index (χ1) is 9.76. The van der Waals surface area contributed by atoms with Crippen LogP contribution in [0.15, 0.2) is 17.8 Å². The van der Waals surface area contributed by atoms with Crippen LogP contribution in [0.4, 0.5) is 5.82 Å². The zero-order chi connectivity index (χ0) is 13.9. The first-order valence-electron chi connectivity index (χ1n) is 5.92. The summed E-state index contributed by atoms with van der Waals surface area (Å²) in [5.74, 6) is 0.652. The van der Waals surface area contributed by atoms with Gasteiger partial charge in [-0.2, -0.15) is 9.97 Å². The number of imidazole rings is 1. The second kappa shape index (κ2) is 5.74.